The lowest BCUT2D eigenvalue weighted by Crippen LogP contribution is -2.39. The Kier molecular flexibility index (Phi) is 5.93. The number of carbonyl (C=O) groups is 2. The second-order valence-corrected chi connectivity index (χ2v) is 7.03. The predicted octanol–water partition coefficient (Wildman–Crippen LogP) is 3.57. The van der Waals surface area contributed by atoms with Crippen LogP contribution in [-0.2, 0) is 9.59 Å². The summed E-state index contributed by atoms with van der Waals surface area (Å²) in [4.78, 5) is 26.4. The molecule has 1 N–H and O–H groups in total. The van der Waals surface area contributed by atoms with E-state index in [1.54, 1.807) is 27.8 Å². The van der Waals surface area contributed by atoms with Crippen molar-refractivity contribution in [2.24, 2.45) is 0 Å². The lowest BCUT2D eigenvalue weighted by atomic mass is 10.1. The van der Waals surface area contributed by atoms with Crippen LogP contribution in [0.3, 0.4) is 0 Å². The summed E-state index contributed by atoms with van der Waals surface area (Å²) in [6, 6.07) is 9.07. The highest BCUT2D eigenvalue weighted by atomic mass is 35.5. The number of likely N-dealkylation sites (tertiary alicyclic amines) is 1. The number of nitrogens with zero attached hydrogens (tertiary/aromatic N) is 3. The van der Waals surface area contributed by atoms with Crippen molar-refractivity contribution < 1.29 is 9.59 Å². The van der Waals surface area contributed by atoms with Crippen molar-refractivity contribution in [1.82, 2.24) is 14.7 Å². The Balaban J connectivity index is 1.72. The van der Waals surface area contributed by atoms with E-state index in [1.807, 2.05) is 19.1 Å². The Morgan fingerprint density at radius 1 is 1.23 bits per heavy atom. The van der Waals surface area contributed by atoms with Gasteiger partial charge in [-0.1, -0.05) is 30.5 Å². The van der Waals surface area contributed by atoms with E-state index < -0.39 is 0 Å². The van der Waals surface area contributed by atoms with Gasteiger partial charge in [0.25, 0.3) is 0 Å². The number of aryl methyl sites for hydroxylation is 1. The Morgan fingerprint density at radius 3 is 2.85 bits per heavy atom. The molecular formula is C19H23ClN4O2. The number of amides is 2. The maximum atomic E-state index is 12.5. The number of hydrogen-bond acceptors (Lipinski definition) is 3. The molecule has 7 heteroatoms. The monoisotopic (exact) mass is 374 g/mol. The zero-order chi connectivity index (χ0) is 18.5. The van der Waals surface area contributed by atoms with Crippen molar-refractivity contribution in [3.05, 3.63) is 41.0 Å². The molecule has 0 radical (unpaired) electrons. The van der Waals surface area contributed by atoms with E-state index in [-0.39, 0.29) is 18.4 Å². The van der Waals surface area contributed by atoms with E-state index >= 15 is 0 Å². The molecular weight excluding hydrogens is 352 g/mol. The van der Waals surface area contributed by atoms with Gasteiger partial charge in [-0.15, -0.1) is 0 Å². The minimum atomic E-state index is -0.220. The fourth-order valence-electron chi connectivity index (χ4n) is 3.13. The number of carbonyl (C=O) groups excluding carboxylic acids is 2. The van der Waals surface area contributed by atoms with Crippen LogP contribution in [0.25, 0.3) is 5.69 Å². The average Bonchev–Trinajstić information content (AvgIpc) is 2.95. The lowest BCUT2D eigenvalue weighted by Gasteiger charge is -2.24. The predicted molar refractivity (Wildman–Crippen MR) is 102 cm³/mol. The summed E-state index contributed by atoms with van der Waals surface area (Å²) in [5.41, 5.74) is 1.55. The summed E-state index contributed by atoms with van der Waals surface area (Å²) in [6.45, 7) is 2.57. The molecule has 3 rings (SSSR count). The average molecular weight is 375 g/mol. The summed E-state index contributed by atoms with van der Waals surface area (Å²) in [7, 11) is 0. The maximum Gasteiger partial charge on any atom is 0.245 e. The third kappa shape index (κ3) is 4.64. The molecule has 2 heterocycles. The van der Waals surface area contributed by atoms with Gasteiger partial charge in [-0.3, -0.25) is 9.59 Å². The summed E-state index contributed by atoms with van der Waals surface area (Å²) in [5.74, 6) is 0.399. The zero-order valence-corrected chi connectivity index (χ0v) is 15.6. The van der Waals surface area contributed by atoms with Crippen molar-refractivity contribution >= 4 is 29.2 Å². The molecule has 1 aromatic heterocycles. The normalized spacial score (nSPS) is 15.5. The zero-order valence-electron chi connectivity index (χ0n) is 14.9. The molecule has 138 valence electrons. The molecule has 0 saturated carbocycles. The number of rotatable bonds is 4. The quantitative estimate of drug-likeness (QED) is 0.889. The molecule has 1 saturated heterocycles. The molecule has 1 aliphatic rings. The Labute approximate surface area is 158 Å². The van der Waals surface area contributed by atoms with Gasteiger partial charge in [0, 0.05) is 24.1 Å². The number of anilines is 1. The lowest BCUT2D eigenvalue weighted by molar-refractivity contribution is -0.135. The molecule has 1 fully saturated rings. The summed E-state index contributed by atoms with van der Waals surface area (Å²) < 4.78 is 1.65. The van der Waals surface area contributed by atoms with E-state index in [9.17, 15) is 9.59 Å². The molecule has 0 bridgehead atoms. The molecule has 0 aliphatic carbocycles. The van der Waals surface area contributed by atoms with Gasteiger partial charge >= 0.3 is 0 Å². The van der Waals surface area contributed by atoms with Crippen molar-refractivity contribution in [3.63, 3.8) is 0 Å². The van der Waals surface area contributed by atoms with Crippen LogP contribution < -0.4 is 5.32 Å². The first-order valence-corrected chi connectivity index (χ1v) is 9.31. The van der Waals surface area contributed by atoms with Crippen molar-refractivity contribution in [2.75, 3.05) is 18.4 Å². The minimum absolute atomic E-state index is 0.0550. The highest BCUT2D eigenvalue weighted by Gasteiger charge is 2.19. The van der Waals surface area contributed by atoms with Crippen LogP contribution in [0.15, 0.2) is 30.3 Å². The van der Waals surface area contributed by atoms with Gasteiger partial charge in [0.1, 0.15) is 5.82 Å². The van der Waals surface area contributed by atoms with Gasteiger partial charge < -0.3 is 10.2 Å². The fourth-order valence-corrected chi connectivity index (χ4v) is 3.32. The van der Waals surface area contributed by atoms with Crippen LogP contribution in [0, 0.1) is 6.92 Å². The molecule has 0 spiro atoms. The van der Waals surface area contributed by atoms with Gasteiger partial charge in [0.05, 0.1) is 17.9 Å². The molecule has 6 nitrogen and oxygen atoms in total. The molecule has 1 aliphatic heterocycles. The van der Waals surface area contributed by atoms with E-state index in [0.717, 1.165) is 37.1 Å². The molecule has 0 atom stereocenters. The van der Waals surface area contributed by atoms with Crippen LogP contribution in [0.1, 0.15) is 37.8 Å². The van der Waals surface area contributed by atoms with Crippen LogP contribution in [-0.4, -0.2) is 39.6 Å². The first-order valence-electron chi connectivity index (χ1n) is 8.93. The van der Waals surface area contributed by atoms with E-state index in [0.29, 0.717) is 23.8 Å². The summed E-state index contributed by atoms with van der Waals surface area (Å²) in [5, 5.41) is 7.90. The van der Waals surface area contributed by atoms with Crippen LogP contribution in [0.4, 0.5) is 5.82 Å². The van der Waals surface area contributed by atoms with E-state index in [4.69, 9.17) is 11.6 Å². The standard InChI is InChI=1S/C19H23ClN4O2/c1-14-11-17(24(22-14)16-8-6-7-15(20)12-16)21-18(25)13-23-10-5-3-2-4-9-19(23)26/h6-8,11-12H,2-5,9-10,13H2,1H3,(H,21,25). The Morgan fingerprint density at radius 2 is 2.04 bits per heavy atom. The molecule has 1 aromatic carbocycles. The summed E-state index contributed by atoms with van der Waals surface area (Å²) >= 11 is 6.06. The first-order chi connectivity index (χ1) is 12.5. The topological polar surface area (TPSA) is 67.2 Å². The Hall–Kier alpha value is -2.34. The van der Waals surface area contributed by atoms with Gasteiger partial charge in [-0.05, 0) is 38.0 Å². The van der Waals surface area contributed by atoms with Gasteiger partial charge in [-0.2, -0.15) is 5.10 Å². The van der Waals surface area contributed by atoms with Crippen LogP contribution >= 0.6 is 11.6 Å². The summed E-state index contributed by atoms with van der Waals surface area (Å²) in [6.07, 6.45) is 4.55. The number of aromatic nitrogens is 2. The maximum absolute atomic E-state index is 12.5. The number of nitrogens with one attached hydrogen (secondary N) is 1. The third-order valence-electron chi connectivity index (χ3n) is 4.41. The molecule has 2 aromatic rings. The first kappa shape index (κ1) is 18.5. The van der Waals surface area contributed by atoms with Gasteiger partial charge in [0.2, 0.25) is 11.8 Å². The van der Waals surface area contributed by atoms with Gasteiger partial charge in [0.15, 0.2) is 0 Å². The van der Waals surface area contributed by atoms with Crippen molar-refractivity contribution in [1.29, 1.82) is 0 Å². The highest BCUT2D eigenvalue weighted by Crippen LogP contribution is 2.20. The number of halogens is 1. The van der Waals surface area contributed by atoms with Crippen molar-refractivity contribution in [3.8, 4) is 5.69 Å². The second kappa shape index (κ2) is 8.36. The Bertz CT molecular complexity index is 803. The van der Waals surface area contributed by atoms with E-state index in [1.165, 1.54) is 0 Å². The second-order valence-electron chi connectivity index (χ2n) is 6.59. The van der Waals surface area contributed by atoms with Gasteiger partial charge in [-0.25, -0.2) is 4.68 Å². The van der Waals surface area contributed by atoms with Crippen LogP contribution in [0.5, 0.6) is 0 Å². The fraction of sp³-hybridized carbons (Fsp3) is 0.421. The van der Waals surface area contributed by atoms with Crippen LogP contribution in [0.2, 0.25) is 5.02 Å². The van der Waals surface area contributed by atoms with Crippen molar-refractivity contribution in [2.45, 2.75) is 39.0 Å². The smallest absolute Gasteiger partial charge is 0.245 e. The third-order valence-corrected chi connectivity index (χ3v) is 4.64. The molecule has 26 heavy (non-hydrogen) atoms. The largest absolute Gasteiger partial charge is 0.333 e. The molecule has 2 amide bonds. The molecule has 0 unspecified atom stereocenters. The number of hydrogen-bond donors (Lipinski definition) is 1. The van der Waals surface area contributed by atoms with E-state index in [2.05, 4.69) is 10.4 Å². The SMILES string of the molecule is Cc1cc(NC(=O)CN2CCCCCCC2=O)n(-c2cccc(Cl)c2)n1. The minimum Gasteiger partial charge on any atom is -0.333 e. The number of benzene rings is 1. The highest BCUT2D eigenvalue weighted by molar-refractivity contribution is 6.30.